The number of methoxy groups -OCH3 is 2. The van der Waals surface area contributed by atoms with Crippen molar-refractivity contribution in [3.63, 3.8) is 0 Å². The summed E-state index contributed by atoms with van der Waals surface area (Å²) < 4.78 is 12.4. The van der Waals surface area contributed by atoms with Crippen molar-refractivity contribution in [2.24, 2.45) is 0 Å². The van der Waals surface area contributed by atoms with E-state index in [1.807, 2.05) is 54.1 Å². The number of carbonyl (C=O) groups excluding carboxylic acids is 1. The molecule has 142 valence electrons. The zero-order valence-corrected chi connectivity index (χ0v) is 16.1. The molecule has 2 aromatic carbocycles. The van der Waals surface area contributed by atoms with Crippen molar-refractivity contribution in [3.8, 4) is 11.5 Å². The van der Waals surface area contributed by atoms with E-state index >= 15 is 0 Å². The lowest BCUT2D eigenvalue weighted by molar-refractivity contribution is -0.122. The van der Waals surface area contributed by atoms with Gasteiger partial charge in [0.2, 0.25) is 5.91 Å². The van der Waals surface area contributed by atoms with Crippen LogP contribution in [0, 0.1) is 0 Å². The van der Waals surface area contributed by atoms with Gasteiger partial charge in [-0.15, -0.1) is 0 Å². The lowest BCUT2D eigenvalue weighted by atomic mass is 10.1. The first-order valence-electron chi connectivity index (χ1n) is 9.14. The van der Waals surface area contributed by atoms with Crippen molar-refractivity contribution in [2.45, 2.75) is 32.4 Å². The molecule has 5 nitrogen and oxygen atoms in total. The van der Waals surface area contributed by atoms with Gasteiger partial charge < -0.3 is 19.4 Å². The molecule has 0 aliphatic rings. The zero-order chi connectivity index (χ0) is 19.2. The van der Waals surface area contributed by atoms with Crippen molar-refractivity contribution < 1.29 is 14.3 Å². The number of hydrogen-bond donors (Lipinski definition) is 1. The van der Waals surface area contributed by atoms with Gasteiger partial charge in [0.15, 0.2) is 0 Å². The smallest absolute Gasteiger partial charge is 0.240 e. The summed E-state index contributed by atoms with van der Waals surface area (Å²) in [7, 11) is 3.32. The quantitative estimate of drug-likeness (QED) is 0.660. The van der Waals surface area contributed by atoms with Gasteiger partial charge >= 0.3 is 0 Å². The van der Waals surface area contributed by atoms with Crippen molar-refractivity contribution >= 4 is 16.8 Å². The van der Waals surface area contributed by atoms with E-state index in [0.29, 0.717) is 6.54 Å². The molecule has 27 heavy (non-hydrogen) atoms. The Morgan fingerprint density at radius 1 is 1.04 bits per heavy atom. The molecular formula is C22H26N2O3. The molecule has 1 aromatic heterocycles. The molecule has 1 unspecified atom stereocenters. The van der Waals surface area contributed by atoms with Crippen LogP contribution in [-0.4, -0.2) is 30.7 Å². The standard InChI is InChI=1S/C22H26N2O3/c1-16(4-5-17-6-8-19(26-2)9-7-17)23-22(25)15-24-13-12-18-14-20(27-3)10-11-21(18)24/h6-14,16H,4-5,15H2,1-3H3,(H,23,25). The molecule has 0 saturated carbocycles. The first kappa shape index (κ1) is 18.8. The lowest BCUT2D eigenvalue weighted by Gasteiger charge is -2.15. The van der Waals surface area contributed by atoms with Crippen LogP contribution in [0.15, 0.2) is 54.7 Å². The van der Waals surface area contributed by atoms with E-state index in [1.165, 1.54) is 5.56 Å². The number of aryl methyl sites for hydroxylation is 1. The highest BCUT2D eigenvalue weighted by Crippen LogP contribution is 2.21. The topological polar surface area (TPSA) is 52.5 Å². The van der Waals surface area contributed by atoms with Crippen LogP contribution in [0.1, 0.15) is 18.9 Å². The number of aromatic nitrogens is 1. The molecule has 1 N–H and O–H groups in total. The number of nitrogens with zero attached hydrogens (tertiary/aromatic N) is 1. The molecule has 0 saturated heterocycles. The van der Waals surface area contributed by atoms with E-state index in [2.05, 4.69) is 17.4 Å². The second-order valence-electron chi connectivity index (χ2n) is 6.72. The predicted molar refractivity (Wildman–Crippen MR) is 107 cm³/mol. The Kier molecular flexibility index (Phi) is 6.01. The molecule has 1 heterocycles. The van der Waals surface area contributed by atoms with Crippen LogP contribution in [0.4, 0.5) is 0 Å². The summed E-state index contributed by atoms with van der Waals surface area (Å²) >= 11 is 0. The maximum Gasteiger partial charge on any atom is 0.240 e. The number of carbonyl (C=O) groups is 1. The van der Waals surface area contributed by atoms with Crippen LogP contribution < -0.4 is 14.8 Å². The summed E-state index contributed by atoms with van der Waals surface area (Å²) in [5.41, 5.74) is 2.26. The molecule has 1 amide bonds. The van der Waals surface area contributed by atoms with Crippen molar-refractivity contribution in [1.82, 2.24) is 9.88 Å². The molecular weight excluding hydrogens is 340 g/mol. The normalized spacial score (nSPS) is 12.0. The zero-order valence-electron chi connectivity index (χ0n) is 16.1. The number of nitrogens with one attached hydrogen (secondary N) is 1. The Balaban J connectivity index is 1.52. The molecule has 1 atom stereocenters. The third-order valence-electron chi connectivity index (χ3n) is 4.72. The minimum atomic E-state index is 0.0190. The highest BCUT2D eigenvalue weighted by atomic mass is 16.5. The minimum Gasteiger partial charge on any atom is -0.497 e. The van der Waals surface area contributed by atoms with Crippen LogP contribution in [0.5, 0.6) is 11.5 Å². The van der Waals surface area contributed by atoms with Gasteiger partial charge in [-0.3, -0.25) is 4.79 Å². The van der Waals surface area contributed by atoms with E-state index in [9.17, 15) is 4.79 Å². The molecule has 0 bridgehead atoms. The van der Waals surface area contributed by atoms with Crippen LogP contribution in [0.3, 0.4) is 0 Å². The van der Waals surface area contributed by atoms with E-state index in [0.717, 1.165) is 35.2 Å². The maximum atomic E-state index is 12.4. The Labute approximate surface area is 159 Å². The molecule has 0 fully saturated rings. The van der Waals surface area contributed by atoms with Crippen molar-refractivity contribution in [3.05, 3.63) is 60.3 Å². The number of amides is 1. The lowest BCUT2D eigenvalue weighted by Crippen LogP contribution is -2.35. The van der Waals surface area contributed by atoms with Crippen LogP contribution in [0.25, 0.3) is 10.9 Å². The van der Waals surface area contributed by atoms with Gasteiger partial charge in [0, 0.05) is 23.1 Å². The van der Waals surface area contributed by atoms with Gasteiger partial charge in [-0.2, -0.15) is 0 Å². The van der Waals surface area contributed by atoms with Crippen LogP contribution in [0.2, 0.25) is 0 Å². The second-order valence-corrected chi connectivity index (χ2v) is 6.72. The summed E-state index contributed by atoms with van der Waals surface area (Å²) in [6.07, 6.45) is 3.74. The number of rotatable bonds is 8. The average Bonchev–Trinajstić information content (AvgIpc) is 3.08. The number of ether oxygens (including phenoxy) is 2. The number of fused-ring (bicyclic) bond motifs is 1. The average molecular weight is 366 g/mol. The summed E-state index contributed by atoms with van der Waals surface area (Å²) in [4.78, 5) is 12.4. The summed E-state index contributed by atoms with van der Waals surface area (Å²) in [6, 6.07) is 16.0. The van der Waals surface area contributed by atoms with Crippen LogP contribution in [-0.2, 0) is 17.8 Å². The van der Waals surface area contributed by atoms with Gasteiger partial charge in [0.05, 0.1) is 14.2 Å². The fourth-order valence-electron chi connectivity index (χ4n) is 3.17. The molecule has 5 heteroatoms. The first-order chi connectivity index (χ1) is 13.1. The van der Waals surface area contributed by atoms with E-state index in [4.69, 9.17) is 9.47 Å². The Morgan fingerprint density at radius 2 is 1.74 bits per heavy atom. The highest BCUT2D eigenvalue weighted by Gasteiger charge is 2.10. The monoisotopic (exact) mass is 366 g/mol. The third kappa shape index (κ3) is 4.82. The summed E-state index contributed by atoms with van der Waals surface area (Å²) in [6.45, 7) is 2.35. The Hall–Kier alpha value is -2.95. The molecule has 0 aliphatic carbocycles. The Bertz CT molecular complexity index is 900. The number of hydrogen-bond acceptors (Lipinski definition) is 3. The van der Waals surface area contributed by atoms with Gasteiger partial charge in [-0.05, 0) is 61.7 Å². The molecule has 3 rings (SSSR count). The van der Waals surface area contributed by atoms with E-state index in [-0.39, 0.29) is 11.9 Å². The van der Waals surface area contributed by atoms with Crippen molar-refractivity contribution in [1.29, 1.82) is 0 Å². The summed E-state index contributed by atoms with van der Waals surface area (Å²) in [5.74, 6) is 1.69. The molecule has 0 aliphatic heterocycles. The number of benzene rings is 2. The molecule has 3 aromatic rings. The first-order valence-corrected chi connectivity index (χ1v) is 9.14. The molecule has 0 radical (unpaired) electrons. The highest BCUT2D eigenvalue weighted by molar-refractivity contribution is 5.84. The van der Waals surface area contributed by atoms with E-state index in [1.54, 1.807) is 14.2 Å². The van der Waals surface area contributed by atoms with Gasteiger partial charge in [0.25, 0.3) is 0 Å². The predicted octanol–water partition coefficient (Wildman–Crippen LogP) is 3.80. The SMILES string of the molecule is COc1ccc(CCC(C)NC(=O)Cn2ccc3cc(OC)ccc32)cc1. The fourth-order valence-corrected chi connectivity index (χ4v) is 3.17. The van der Waals surface area contributed by atoms with Crippen molar-refractivity contribution in [2.75, 3.05) is 14.2 Å². The maximum absolute atomic E-state index is 12.4. The van der Waals surface area contributed by atoms with Gasteiger partial charge in [-0.25, -0.2) is 0 Å². The third-order valence-corrected chi connectivity index (χ3v) is 4.72. The minimum absolute atomic E-state index is 0.0190. The summed E-state index contributed by atoms with van der Waals surface area (Å²) in [5, 5.41) is 4.15. The largest absolute Gasteiger partial charge is 0.497 e. The fraction of sp³-hybridized carbons (Fsp3) is 0.318. The second kappa shape index (κ2) is 8.62. The van der Waals surface area contributed by atoms with E-state index < -0.39 is 0 Å². The van der Waals surface area contributed by atoms with Gasteiger partial charge in [0.1, 0.15) is 18.0 Å². The van der Waals surface area contributed by atoms with Crippen LogP contribution >= 0.6 is 0 Å². The van der Waals surface area contributed by atoms with Gasteiger partial charge in [-0.1, -0.05) is 12.1 Å². The Morgan fingerprint density at radius 3 is 2.44 bits per heavy atom. The molecule has 0 spiro atoms.